The van der Waals surface area contributed by atoms with E-state index in [0.29, 0.717) is 6.42 Å². The first-order valence-corrected chi connectivity index (χ1v) is 6.00. The molecule has 84 valence electrons. The van der Waals surface area contributed by atoms with Gasteiger partial charge in [0.1, 0.15) is 0 Å². The van der Waals surface area contributed by atoms with Crippen molar-refractivity contribution in [1.29, 1.82) is 0 Å². The monoisotopic (exact) mass is 254 g/mol. The quantitative estimate of drug-likeness (QED) is 0.391. The van der Waals surface area contributed by atoms with Gasteiger partial charge in [0.15, 0.2) is 0 Å². The Morgan fingerprint density at radius 2 is 1.86 bits per heavy atom. The second-order valence-electron chi connectivity index (χ2n) is 2.92. The minimum absolute atomic E-state index is 0. The van der Waals surface area contributed by atoms with E-state index in [1.54, 1.807) is 0 Å². The Morgan fingerprint density at radius 1 is 1.29 bits per heavy atom. The fourth-order valence-electron chi connectivity index (χ4n) is 0.798. The molecule has 3 nitrogen and oxygen atoms in total. The molecule has 0 N–H and O–H groups in total. The Labute approximate surface area is 116 Å². The van der Waals surface area contributed by atoms with Crippen LogP contribution in [0.2, 0.25) is 0 Å². The molecule has 14 heavy (non-hydrogen) atoms. The van der Waals surface area contributed by atoms with Gasteiger partial charge in [-0.25, -0.2) is 4.39 Å². The molecule has 0 spiro atoms. The fourth-order valence-corrected chi connectivity index (χ4v) is 1.34. The summed E-state index contributed by atoms with van der Waals surface area (Å²) in [6, 6.07) is 0. The van der Waals surface area contributed by atoms with Crippen LogP contribution in [-0.2, 0) is 14.3 Å². The Balaban J connectivity index is 0. The summed E-state index contributed by atoms with van der Waals surface area (Å²) in [5.41, 5.74) is -1.93. The van der Waals surface area contributed by atoms with E-state index in [1.807, 2.05) is 0 Å². The molecule has 0 aliphatic carbocycles. The molecular formula is C8H19CaFO3S. The Hall–Kier alpha value is 1.10. The van der Waals surface area contributed by atoms with E-state index in [0.717, 1.165) is 26.2 Å². The van der Waals surface area contributed by atoms with E-state index < -0.39 is 15.6 Å². The summed E-state index contributed by atoms with van der Waals surface area (Å²) in [4.78, 5) is 0. The molecule has 1 atom stereocenters. The van der Waals surface area contributed by atoms with Crippen LogP contribution in [0.3, 0.4) is 0 Å². The van der Waals surface area contributed by atoms with Gasteiger partial charge < -0.3 is 0 Å². The Morgan fingerprint density at radius 3 is 2.29 bits per heavy atom. The van der Waals surface area contributed by atoms with Gasteiger partial charge in [-0.05, 0) is 13.3 Å². The molecule has 0 aliphatic rings. The van der Waals surface area contributed by atoms with Gasteiger partial charge in [0.2, 0.25) is 5.50 Å². The minimum atomic E-state index is -3.95. The van der Waals surface area contributed by atoms with Gasteiger partial charge >= 0.3 is 37.7 Å². The van der Waals surface area contributed by atoms with Crippen LogP contribution in [0.1, 0.15) is 39.5 Å². The van der Waals surface area contributed by atoms with Gasteiger partial charge in [-0.3, -0.25) is 4.18 Å². The van der Waals surface area contributed by atoms with Crippen LogP contribution >= 0.6 is 0 Å². The predicted octanol–water partition coefficient (Wildman–Crippen LogP) is 1.31. The van der Waals surface area contributed by atoms with E-state index in [1.165, 1.54) is 0 Å². The molecule has 0 radical (unpaired) electrons. The van der Waals surface area contributed by atoms with Crippen LogP contribution in [0, 0.1) is 0 Å². The van der Waals surface area contributed by atoms with Crippen molar-refractivity contribution in [3.63, 3.8) is 0 Å². The second-order valence-corrected chi connectivity index (χ2v) is 4.79. The van der Waals surface area contributed by atoms with Crippen molar-refractivity contribution < 1.29 is 17.0 Å². The maximum absolute atomic E-state index is 12.3. The van der Waals surface area contributed by atoms with Crippen LogP contribution in [0.5, 0.6) is 0 Å². The number of hydrogen-bond donors (Lipinski definition) is 0. The standard InChI is InChI=1S/C8H17FO3S.Ca.2H/c1-3-4-5-6-7-12-13(10,11)8(2)9;;;/h8H,3-7H2,1-2H3;;;. The molecular weight excluding hydrogens is 235 g/mol. The molecule has 0 heterocycles. The zero-order chi connectivity index (χ0) is 10.3. The number of hydrogen-bond acceptors (Lipinski definition) is 3. The summed E-state index contributed by atoms with van der Waals surface area (Å²) >= 11 is 0. The zero-order valence-electron chi connectivity index (χ0n) is 8.12. The van der Waals surface area contributed by atoms with Crippen LogP contribution < -0.4 is 0 Å². The van der Waals surface area contributed by atoms with Gasteiger partial charge in [-0.15, -0.1) is 0 Å². The van der Waals surface area contributed by atoms with E-state index in [-0.39, 0.29) is 44.3 Å². The van der Waals surface area contributed by atoms with Gasteiger partial charge in [-0.2, -0.15) is 8.42 Å². The van der Waals surface area contributed by atoms with Crippen LogP contribution in [0.15, 0.2) is 0 Å². The molecule has 0 saturated heterocycles. The maximum atomic E-state index is 12.3. The normalized spacial score (nSPS) is 13.4. The summed E-state index contributed by atoms with van der Waals surface area (Å²) in [7, 11) is -3.95. The molecule has 0 fully saturated rings. The second kappa shape index (κ2) is 9.33. The summed E-state index contributed by atoms with van der Waals surface area (Å²) in [6.45, 7) is 3.11. The van der Waals surface area contributed by atoms with Gasteiger partial charge in [0.05, 0.1) is 6.61 Å². The van der Waals surface area contributed by atoms with E-state index in [2.05, 4.69) is 11.1 Å². The van der Waals surface area contributed by atoms with Crippen molar-refractivity contribution in [2.45, 2.75) is 45.0 Å². The summed E-state index contributed by atoms with van der Waals surface area (Å²) in [6.07, 6.45) is 3.72. The fraction of sp³-hybridized carbons (Fsp3) is 1.00. The number of alkyl halides is 1. The van der Waals surface area contributed by atoms with Crippen molar-refractivity contribution in [3.8, 4) is 0 Å². The number of unbranched alkanes of at least 4 members (excludes halogenated alkanes) is 3. The van der Waals surface area contributed by atoms with Gasteiger partial charge in [0, 0.05) is 0 Å². The molecule has 0 aromatic heterocycles. The van der Waals surface area contributed by atoms with Crippen LogP contribution in [0.25, 0.3) is 0 Å². The first kappa shape index (κ1) is 17.5. The molecule has 0 rings (SSSR count). The molecule has 6 heteroatoms. The third-order valence-electron chi connectivity index (χ3n) is 1.64. The summed E-state index contributed by atoms with van der Waals surface area (Å²) in [5.74, 6) is 0. The van der Waals surface area contributed by atoms with Gasteiger partial charge in [0.25, 0.3) is 10.1 Å². The summed E-state index contributed by atoms with van der Waals surface area (Å²) in [5, 5.41) is 0. The third-order valence-corrected chi connectivity index (χ3v) is 2.93. The molecule has 0 aromatic rings. The molecule has 0 saturated carbocycles. The Kier molecular flexibility index (Phi) is 11.7. The molecule has 0 aromatic carbocycles. The third kappa shape index (κ3) is 8.41. The summed E-state index contributed by atoms with van der Waals surface area (Å²) < 4.78 is 38.3. The first-order chi connectivity index (χ1) is 6.00. The zero-order valence-corrected chi connectivity index (χ0v) is 8.94. The molecule has 0 amide bonds. The van der Waals surface area contributed by atoms with Crippen molar-refractivity contribution in [3.05, 3.63) is 0 Å². The van der Waals surface area contributed by atoms with Gasteiger partial charge in [-0.1, -0.05) is 26.2 Å². The number of rotatable bonds is 7. The van der Waals surface area contributed by atoms with Crippen LogP contribution in [-0.4, -0.2) is 58.3 Å². The van der Waals surface area contributed by atoms with Crippen molar-refractivity contribution in [1.82, 2.24) is 0 Å². The van der Waals surface area contributed by atoms with Crippen molar-refractivity contribution >= 4 is 47.9 Å². The average Bonchev–Trinajstić information content (AvgIpc) is 2.03. The topological polar surface area (TPSA) is 43.4 Å². The van der Waals surface area contributed by atoms with Crippen molar-refractivity contribution in [2.75, 3.05) is 6.61 Å². The molecule has 1 unspecified atom stereocenters. The van der Waals surface area contributed by atoms with E-state index >= 15 is 0 Å². The van der Waals surface area contributed by atoms with Crippen molar-refractivity contribution in [2.24, 2.45) is 0 Å². The molecule has 0 bridgehead atoms. The average molecular weight is 254 g/mol. The van der Waals surface area contributed by atoms with E-state index in [9.17, 15) is 12.8 Å². The number of halogens is 1. The first-order valence-electron chi connectivity index (χ1n) is 4.53. The molecule has 0 aliphatic heterocycles. The Bertz CT molecular complexity index is 217. The van der Waals surface area contributed by atoms with E-state index in [4.69, 9.17) is 0 Å². The SMILES string of the molecule is CCCCCCOS(=O)(=O)C(C)F.[CaH2]. The predicted molar refractivity (Wildman–Crippen MR) is 58.1 cm³/mol. The van der Waals surface area contributed by atoms with Crippen LogP contribution in [0.4, 0.5) is 4.39 Å².